The van der Waals surface area contributed by atoms with Crippen molar-refractivity contribution in [2.45, 2.75) is 45.8 Å². The van der Waals surface area contributed by atoms with Crippen LogP contribution in [0, 0.1) is 0 Å². The van der Waals surface area contributed by atoms with Crippen molar-refractivity contribution in [3.05, 3.63) is 59.5 Å². The summed E-state index contributed by atoms with van der Waals surface area (Å²) in [6, 6.07) is 12.6. The Morgan fingerprint density at radius 1 is 1.12 bits per heavy atom. The number of hydrogen-bond donors (Lipinski definition) is 3. The monoisotopic (exact) mass is 453 g/mol. The Morgan fingerprint density at radius 2 is 1.76 bits per heavy atom. The van der Waals surface area contributed by atoms with E-state index in [1.165, 1.54) is 6.92 Å². The molecule has 8 heteroatoms. The van der Waals surface area contributed by atoms with E-state index in [9.17, 15) is 15.0 Å². The fraction of sp³-hybridized carbons (Fsp3) is 0.360. The first-order valence-corrected chi connectivity index (χ1v) is 10.9. The lowest BCUT2D eigenvalue weighted by atomic mass is 10.0. The van der Waals surface area contributed by atoms with Crippen molar-refractivity contribution in [2.75, 3.05) is 24.4 Å². The quantitative estimate of drug-likeness (QED) is 0.520. The predicted molar refractivity (Wildman–Crippen MR) is 129 cm³/mol. The lowest BCUT2D eigenvalue weighted by Crippen LogP contribution is -2.45. The Balaban J connectivity index is 2.01. The number of ether oxygens (including phenoxy) is 2. The van der Waals surface area contributed by atoms with Crippen LogP contribution in [0.25, 0.3) is 0 Å². The highest BCUT2D eigenvalue weighted by atomic mass is 16.5. The molecule has 2 aromatic carbocycles. The molecule has 0 saturated heterocycles. The summed E-state index contributed by atoms with van der Waals surface area (Å²) in [5.41, 5.74) is 2.43. The topological polar surface area (TPSA) is 104 Å². The van der Waals surface area contributed by atoms with E-state index in [-0.39, 0.29) is 18.2 Å². The van der Waals surface area contributed by atoms with Gasteiger partial charge in [0.2, 0.25) is 11.8 Å². The Labute approximate surface area is 194 Å². The molecule has 1 atom stereocenters. The second-order valence-corrected chi connectivity index (χ2v) is 7.79. The lowest BCUT2D eigenvalue weighted by Gasteiger charge is -2.36. The summed E-state index contributed by atoms with van der Waals surface area (Å²) in [5.74, 6) is 1.25. The number of aliphatic imine (C=N–C) groups is 1. The Hall–Kier alpha value is -3.52. The first-order valence-electron chi connectivity index (χ1n) is 10.9. The number of hydrogen-bond acceptors (Lipinski definition) is 7. The molecule has 0 bridgehead atoms. The molecule has 1 unspecified atom stereocenters. The molecule has 1 heterocycles. The van der Waals surface area contributed by atoms with Gasteiger partial charge in [0.05, 0.1) is 14.2 Å². The molecule has 0 aromatic heterocycles. The number of carbonyl (C=O) groups is 1. The number of aliphatic hydroxyl groups excluding tert-OH is 2. The maximum absolute atomic E-state index is 11.5. The van der Waals surface area contributed by atoms with Crippen LogP contribution >= 0.6 is 0 Å². The van der Waals surface area contributed by atoms with Gasteiger partial charge in [-0.15, -0.1) is 0 Å². The molecule has 1 aliphatic rings. The summed E-state index contributed by atoms with van der Waals surface area (Å²) < 4.78 is 11.1. The summed E-state index contributed by atoms with van der Waals surface area (Å²) in [6.07, 6.45) is 1.44. The number of nitrogens with zero attached hydrogens (tertiary/aromatic N) is 2. The maximum atomic E-state index is 11.5. The first-order chi connectivity index (χ1) is 15.9. The summed E-state index contributed by atoms with van der Waals surface area (Å²) in [6.45, 7) is 3.52. The van der Waals surface area contributed by atoms with Crippen LogP contribution in [0.4, 0.5) is 11.4 Å². The third-order valence-electron chi connectivity index (χ3n) is 5.42. The van der Waals surface area contributed by atoms with Crippen molar-refractivity contribution in [3.63, 3.8) is 0 Å². The van der Waals surface area contributed by atoms with Crippen LogP contribution in [0.2, 0.25) is 0 Å². The van der Waals surface area contributed by atoms with Crippen LogP contribution in [0.15, 0.2) is 58.9 Å². The summed E-state index contributed by atoms with van der Waals surface area (Å²) >= 11 is 0. The molecule has 0 spiro atoms. The van der Waals surface area contributed by atoms with E-state index in [0.717, 1.165) is 18.4 Å². The molecule has 0 fully saturated rings. The summed E-state index contributed by atoms with van der Waals surface area (Å²) in [5, 5.41) is 24.9. The number of aliphatic hydroxyl groups is 2. The van der Waals surface area contributed by atoms with Gasteiger partial charge in [0.15, 0.2) is 6.23 Å². The van der Waals surface area contributed by atoms with Crippen LogP contribution in [0.3, 0.4) is 0 Å². The highest BCUT2D eigenvalue weighted by molar-refractivity contribution is 6.02. The van der Waals surface area contributed by atoms with Gasteiger partial charge in [0.25, 0.3) is 0 Å². The predicted octanol–water partition coefficient (Wildman–Crippen LogP) is 4.40. The smallest absolute Gasteiger partial charge is 0.221 e. The normalized spacial score (nSPS) is 15.8. The van der Waals surface area contributed by atoms with E-state index in [2.05, 4.69) is 17.2 Å². The lowest BCUT2D eigenvalue weighted by molar-refractivity contribution is -0.114. The minimum atomic E-state index is -1.17. The Kier molecular flexibility index (Phi) is 7.95. The van der Waals surface area contributed by atoms with Gasteiger partial charge in [-0.05, 0) is 36.2 Å². The largest absolute Gasteiger partial charge is 0.494 e. The Morgan fingerprint density at radius 3 is 2.30 bits per heavy atom. The van der Waals surface area contributed by atoms with Crippen LogP contribution in [-0.2, 0) is 11.2 Å². The van der Waals surface area contributed by atoms with Gasteiger partial charge in [-0.1, -0.05) is 31.5 Å². The van der Waals surface area contributed by atoms with E-state index in [1.54, 1.807) is 43.4 Å². The molecule has 3 N–H and O–H groups in total. The molecule has 2 aromatic rings. The summed E-state index contributed by atoms with van der Waals surface area (Å²) in [4.78, 5) is 17.4. The third-order valence-corrected chi connectivity index (χ3v) is 5.42. The van der Waals surface area contributed by atoms with E-state index in [4.69, 9.17) is 9.47 Å². The second kappa shape index (κ2) is 10.9. The number of rotatable bonds is 9. The number of unbranched alkanes of at least 4 members (excludes halogenated alkanes) is 1. The van der Waals surface area contributed by atoms with Crippen LogP contribution in [0.5, 0.6) is 11.5 Å². The molecule has 8 nitrogen and oxygen atoms in total. The van der Waals surface area contributed by atoms with Crippen molar-refractivity contribution in [1.29, 1.82) is 0 Å². The van der Waals surface area contributed by atoms with Crippen LogP contribution < -0.4 is 19.7 Å². The van der Waals surface area contributed by atoms with E-state index in [1.807, 2.05) is 18.2 Å². The van der Waals surface area contributed by atoms with Gasteiger partial charge in [0.1, 0.15) is 23.0 Å². The zero-order chi connectivity index (χ0) is 24.0. The number of amides is 1. The van der Waals surface area contributed by atoms with Gasteiger partial charge in [0, 0.05) is 31.0 Å². The highest BCUT2D eigenvalue weighted by Crippen LogP contribution is 2.42. The molecule has 33 heavy (non-hydrogen) atoms. The molecule has 176 valence electrons. The molecule has 0 aliphatic carbocycles. The average molecular weight is 454 g/mol. The second-order valence-electron chi connectivity index (χ2n) is 7.79. The van der Waals surface area contributed by atoms with E-state index in [0.29, 0.717) is 40.7 Å². The molecule has 1 aliphatic heterocycles. The Bertz CT molecular complexity index is 1020. The maximum Gasteiger partial charge on any atom is 0.221 e. The zero-order valence-electron chi connectivity index (χ0n) is 19.5. The number of methoxy groups -OCH3 is 2. The number of anilines is 2. The first kappa shape index (κ1) is 24.1. The number of benzene rings is 2. The van der Waals surface area contributed by atoms with Crippen molar-refractivity contribution < 1.29 is 24.5 Å². The third kappa shape index (κ3) is 5.46. The standard InChI is InChI=1S/C25H31N3O5/c1-5-6-10-22-27-24(30)19(15-17-11-13-18(14-12-17)26-16(2)29)25(31)28(22)23-20(32-3)8-7-9-21(23)33-4/h7-9,11-14,25,30-31H,5-6,10,15H2,1-4H3,(H,26,29). The molecule has 0 saturated carbocycles. The van der Waals surface area contributed by atoms with Crippen LogP contribution in [0.1, 0.15) is 38.7 Å². The van der Waals surface area contributed by atoms with Crippen LogP contribution in [-0.4, -0.2) is 42.4 Å². The fourth-order valence-electron chi connectivity index (χ4n) is 3.79. The minimum Gasteiger partial charge on any atom is -0.494 e. The molecule has 0 radical (unpaired) electrons. The highest BCUT2D eigenvalue weighted by Gasteiger charge is 2.35. The van der Waals surface area contributed by atoms with Gasteiger partial charge in [-0.25, -0.2) is 4.99 Å². The number of amidine groups is 1. The molecule has 3 rings (SSSR count). The molecular formula is C25H31N3O5. The van der Waals surface area contributed by atoms with Gasteiger partial charge < -0.3 is 25.0 Å². The van der Waals surface area contributed by atoms with Gasteiger partial charge in [-0.2, -0.15) is 0 Å². The zero-order valence-corrected chi connectivity index (χ0v) is 19.5. The average Bonchev–Trinajstić information content (AvgIpc) is 2.80. The fourth-order valence-corrected chi connectivity index (χ4v) is 3.79. The van der Waals surface area contributed by atoms with E-state index < -0.39 is 6.23 Å². The summed E-state index contributed by atoms with van der Waals surface area (Å²) in [7, 11) is 3.12. The minimum absolute atomic E-state index is 0.152. The SMILES string of the molecule is CCCCC1=NC(O)=C(Cc2ccc(NC(C)=O)cc2)C(O)N1c1c(OC)cccc1OC. The van der Waals surface area contributed by atoms with Crippen molar-refractivity contribution in [1.82, 2.24) is 0 Å². The van der Waals surface area contributed by atoms with Crippen molar-refractivity contribution >= 4 is 23.1 Å². The van der Waals surface area contributed by atoms with Crippen molar-refractivity contribution in [3.8, 4) is 11.5 Å². The van der Waals surface area contributed by atoms with Gasteiger partial charge >= 0.3 is 0 Å². The number of nitrogens with one attached hydrogen (secondary N) is 1. The van der Waals surface area contributed by atoms with Crippen molar-refractivity contribution in [2.24, 2.45) is 4.99 Å². The number of carbonyl (C=O) groups excluding carboxylic acids is 1. The number of para-hydroxylation sites is 1. The molecular weight excluding hydrogens is 422 g/mol. The molecule has 1 amide bonds. The van der Waals surface area contributed by atoms with Gasteiger partial charge in [-0.3, -0.25) is 9.69 Å². The van der Waals surface area contributed by atoms with E-state index >= 15 is 0 Å².